The summed E-state index contributed by atoms with van der Waals surface area (Å²) >= 11 is 5.39. The number of nitrogens with zero attached hydrogens (tertiary/aromatic N) is 2. The highest BCUT2D eigenvalue weighted by Gasteiger charge is 2.41. The number of aromatic nitrogens is 1. The number of benzene rings is 2. The second-order valence-corrected chi connectivity index (χ2v) is 7.35. The van der Waals surface area contributed by atoms with E-state index in [0.717, 1.165) is 16.5 Å². The molecule has 6 nitrogen and oxygen atoms in total. The lowest BCUT2D eigenvalue weighted by molar-refractivity contribution is -0.130. The summed E-state index contributed by atoms with van der Waals surface area (Å²) in [5.74, 6) is -0.843. The first-order valence-electron chi connectivity index (χ1n) is 9.12. The van der Waals surface area contributed by atoms with E-state index in [1.807, 2.05) is 30.5 Å². The Kier molecular flexibility index (Phi) is 5.02. The van der Waals surface area contributed by atoms with E-state index in [-0.39, 0.29) is 24.1 Å². The Bertz CT molecular complexity index is 1100. The smallest absolute Gasteiger partial charge is 0.251 e. The van der Waals surface area contributed by atoms with Crippen LogP contribution in [-0.4, -0.2) is 44.8 Å². The summed E-state index contributed by atoms with van der Waals surface area (Å²) in [7, 11) is 1.60. The molecule has 8 heteroatoms. The Morgan fingerprint density at radius 2 is 1.97 bits per heavy atom. The second-order valence-electron chi connectivity index (χ2n) is 6.98. The van der Waals surface area contributed by atoms with Crippen molar-refractivity contribution in [2.24, 2.45) is 0 Å². The molecule has 1 aliphatic rings. The van der Waals surface area contributed by atoms with Crippen LogP contribution in [0.2, 0.25) is 0 Å². The zero-order valence-electron chi connectivity index (χ0n) is 15.7. The maximum absolute atomic E-state index is 13.2. The van der Waals surface area contributed by atoms with Crippen molar-refractivity contribution >= 4 is 45.7 Å². The molecule has 0 radical (unpaired) electrons. The quantitative estimate of drug-likeness (QED) is 0.634. The van der Waals surface area contributed by atoms with Crippen LogP contribution in [-0.2, 0) is 16.1 Å². The Hall–Kier alpha value is -3.26. The van der Waals surface area contributed by atoms with Gasteiger partial charge in [0, 0.05) is 31.0 Å². The fraction of sp³-hybridized carbons (Fsp3) is 0.190. The lowest BCUT2D eigenvalue weighted by Gasteiger charge is -2.23. The highest BCUT2D eigenvalue weighted by atomic mass is 32.1. The number of thiocarbonyl (C=S) groups is 1. The minimum atomic E-state index is -0.702. The number of H-pyrrole nitrogens is 1. The number of hydrogen-bond donors (Lipinski definition) is 2. The van der Waals surface area contributed by atoms with Gasteiger partial charge in [-0.25, -0.2) is 4.39 Å². The number of aromatic amines is 1. The number of halogens is 1. The molecule has 2 aromatic carbocycles. The summed E-state index contributed by atoms with van der Waals surface area (Å²) < 4.78 is 13.2. The number of anilines is 1. The molecule has 1 aliphatic heterocycles. The number of nitrogens with one attached hydrogen (secondary N) is 2. The summed E-state index contributed by atoms with van der Waals surface area (Å²) in [6.07, 6.45) is 1.80. The normalized spacial score (nSPS) is 16.7. The van der Waals surface area contributed by atoms with Crippen LogP contribution in [0.5, 0.6) is 0 Å². The van der Waals surface area contributed by atoms with Gasteiger partial charge in [-0.05, 0) is 53.5 Å². The van der Waals surface area contributed by atoms with Gasteiger partial charge in [-0.2, -0.15) is 0 Å². The molecule has 2 amide bonds. The number of carbonyl (C=O) groups is 2. The number of hydrogen-bond acceptors (Lipinski definition) is 3. The van der Waals surface area contributed by atoms with Gasteiger partial charge in [-0.15, -0.1) is 0 Å². The number of likely N-dealkylation sites (N-methyl/N-ethyl adjacent to an activating group) is 1. The fourth-order valence-electron chi connectivity index (χ4n) is 3.45. The molecular weight excluding hydrogens is 391 g/mol. The van der Waals surface area contributed by atoms with Crippen LogP contribution in [0.25, 0.3) is 10.9 Å². The highest BCUT2D eigenvalue weighted by Crippen LogP contribution is 2.23. The maximum atomic E-state index is 13.2. The molecule has 1 aromatic heterocycles. The SMILES string of the molecule is CN1C(=O)C(CC(=O)Nc2ccc3cc[nH]c3c2)N(Cc2ccc(F)cc2)C1=S. The van der Waals surface area contributed by atoms with Crippen LogP contribution < -0.4 is 5.32 Å². The molecule has 0 saturated carbocycles. The zero-order chi connectivity index (χ0) is 20.5. The molecule has 2 heterocycles. The van der Waals surface area contributed by atoms with E-state index in [1.165, 1.54) is 17.0 Å². The molecule has 29 heavy (non-hydrogen) atoms. The van der Waals surface area contributed by atoms with Crippen LogP contribution >= 0.6 is 12.2 Å². The van der Waals surface area contributed by atoms with Crippen molar-refractivity contribution < 1.29 is 14.0 Å². The number of rotatable bonds is 5. The lowest BCUT2D eigenvalue weighted by Crippen LogP contribution is -2.37. The van der Waals surface area contributed by atoms with Crippen molar-refractivity contribution in [2.45, 2.75) is 19.0 Å². The summed E-state index contributed by atoms with van der Waals surface area (Å²) in [6, 6.07) is 12.8. The minimum Gasteiger partial charge on any atom is -0.361 e. The summed E-state index contributed by atoms with van der Waals surface area (Å²) in [5.41, 5.74) is 2.37. The Labute approximate surface area is 172 Å². The average molecular weight is 410 g/mol. The number of fused-ring (bicyclic) bond motifs is 1. The molecule has 0 aliphatic carbocycles. The maximum Gasteiger partial charge on any atom is 0.251 e. The van der Waals surface area contributed by atoms with Crippen molar-refractivity contribution in [3.05, 3.63) is 66.1 Å². The van der Waals surface area contributed by atoms with Crippen molar-refractivity contribution in [3.8, 4) is 0 Å². The molecule has 1 atom stereocenters. The van der Waals surface area contributed by atoms with Gasteiger partial charge in [0.05, 0.1) is 6.42 Å². The van der Waals surface area contributed by atoms with E-state index < -0.39 is 6.04 Å². The van der Waals surface area contributed by atoms with E-state index in [0.29, 0.717) is 17.3 Å². The van der Waals surface area contributed by atoms with Crippen molar-refractivity contribution in [2.75, 3.05) is 12.4 Å². The topological polar surface area (TPSA) is 68.4 Å². The van der Waals surface area contributed by atoms with E-state index in [2.05, 4.69) is 10.3 Å². The molecule has 1 unspecified atom stereocenters. The van der Waals surface area contributed by atoms with Gasteiger partial charge in [0.2, 0.25) is 5.91 Å². The van der Waals surface area contributed by atoms with E-state index >= 15 is 0 Å². The molecule has 148 valence electrons. The number of amides is 2. The zero-order valence-corrected chi connectivity index (χ0v) is 16.5. The predicted octanol–water partition coefficient (Wildman–Crippen LogP) is 3.26. The van der Waals surface area contributed by atoms with Gasteiger partial charge >= 0.3 is 0 Å². The summed E-state index contributed by atoms with van der Waals surface area (Å²) in [6.45, 7) is 0.321. The van der Waals surface area contributed by atoms with Gasteiger partial charge in [0.1, 0.15) is 11.9 Å². The van der Waals surface area contributed by atoms with Crippen LogP contribution in [0, 0.1) is 5.82 Å². The van der Waals surface area contributed by atoms with Crippen molar-refractivity contribution in [1.29, 1.82) is 0 Å². The second kappa shape index (κ2) is 7.63. The Morgan fingerprint density at radius 3 is 2.72 bits per heavy atom. The molecule has 4 rings (SSSR count). The van der Waals surface area contributed by atoms with Crippen LogP contribution in [0.3, 0.4) is 0 Å². The third kappa shape index (κ3) is 3.84. The van der Waals surface area contributed by atoms with Crippen LogP contribution in [0.15, 0.2) is 54.7 Å². The fourth-order valence-corrected chi connectivity index (χ4v) is 3.73. The van der Waals surface area contributed by atoms with Crippen LogP contribution in [0.4, 0.5) is 10.1 Å². The molecule has 2 N–H and O–H groups in total. The molecular formula is C21H19FN4O2S. The molecule has 0 spiro atoms. The average Bonchev–Trinajstić information content (AvgIpc) is 3.24. The first-order chi connectivity index (χ1) is 13.9. The summed E-state index contributed by atoms with van der Waals surface area (Å²) in [4.78, 5) is 31.5. The Morgan fingerprint density at radius 1 is 1.21 bits per heavy atom. The third-order valence-electron chi connectivity index (χ3n) is 5.01. The summed E-state index contributed by atoms with van der Waals surface area (Å²) in [5, 5.41) is 4.24. The molecule has 1 saturated heterocycles. The van der Waals surface area contributed by atoms with Gasteiger partial charge in [-0.1, -0.05) is 18.2 Å². The van der Waals surface area contributed by atoms with Crippen LogP contribution in [0.1, 0.15) is 12.0 Å². The van der Waals surface area contributed by atoms with Crippen molar-refractivity contribution in [3.63, 3.8) is 0 Å². The lowest BCUT2D eigenvalue weighted by atomic mass is 10.1. The van der Waals surface area contributed by atoms with E-state index in [1.54, 1.807) is 24.1 Å². The van der Waals surface area contributed by atoms with Crippen molar-refractivity contribution in [1.82, 2.24) is 14.8 Å². The van der Waals surface area contributed by atoms with Gasteiger partial charge in [-0.3, -0.25) is 14.5 Å². The monoisotopic (exact) mass is 410 g/mol. The highest BCUT2D eigenvalue weighted by molar-refractivity contribution is 7.80. The minimum absolute atomic E-state index is 0.0345. The van der Waals surface area contributed by atoms with Gasteiger partial charge in [0.25, 0.3) is 5.91 Å². The largest absolute Gasteiger partial charge is 0.361 e. The standard InChI is InChI=1S/C21H19FN4O2S/c1-25-20(28)18(26(21(25)29)12-13-2-5-15(22)6-3-13)11-19(27)24-16-7-4-14-8-9-23-17(14)10-16/h2-10,18,23H,11-12H2,1H3,(H,24,27). The molecule has 0 bridgehead atoms. The third-order valence-corrected chi connectivity index (χ3v) is 5.52. The molecule has 3 aromatic rings. The Balaban J connectivity index is 1.49. The predicted molar refractivity (Wildman–Crippen MR) is 113 cm³/mol. The number of carbonyl (C=O) groups excluding carboxylic acids is 2. The van der Waals surface area contributed by atoms with Gasteiger partial charge < -0.3 is 15.2 Å². The first-order valence-corrected chi connectivity index (χ1v) is 9.53. The molecule has 1 fully saturated rings. The van der Waals surface area contributed by atoms with Gasteiger partial charge in [0.15, 0.2) is 5.11 Å². The first kappa shape index (κ1) is 19.1. The van der Waals surface area contributed by atoms with E-state index in [4.69, 9.17) is 12.2 Å². The van der Waals surface area contributed by atoms with E-state index in [9.17, 15) is 14.0 Å².